The van der Waals surface area contributed by atoms with Crippen molar-refractivity contribution in [2.24, 2.45) is 5.16 Å². The summed E-state index contributed by atoms with van der Waals surface area (Å²) < 4.78 is 5.09. The molecule has 0 atom stereocenters. The molecule has 1 heterocycles. The maximum Gasteiger partial charge on any atom is 0.375 e. The number of benzene rings is 1. The van der Waals surface area contributed by atoms with Gasteiger partial charge < -0.3 is 9.57 Å². The lowest BCUT2D eigenvalue weighted by Gasteiger charge is -2.18. The molecule has 0 amide bonds. The number of oxime groups is 1. The quantitative estimate of drug-likeness (QED) is 0.479. The summed E-state index contributed by atoms with van der Waals surface area (Å²) in [4.78, 5) is 28.3. The molecule has 0 saturated heterocycles. The van der Waals surface area contributed by atoms with Crippen LogP contribution < -0.4 is 4.74 Å². The molecule has 0 aliphatic heterocycles. The van der Waals surface area contributed by atoms with Gasteiger partial charge in [0, 0.05) is 11.1 Å². The zero-order chi connectivity index (χ0) is 17.1. The van der Waals surface area contributed by atoms with E-state index in [1.165, 1.54) is 18.4 Å². The van der Waals surface area contributed by atoms with Crippen LogP contribution in [0.1, 0.15) is 33.6 Å². The molecule has 8 heteroatoms. The van der Waals surface area contributed by atoms with Gasteiger partial charge in [0.2, 0.25) is 0 Å². The van der Waals surface area contributed by atoms with Crippen LogP contribution in [0.4, 0.5) is 5.69 Å². The standard InChI is InChI=1S/C16H14N2O5S/c1-22-13-8-7-10-11(15(13)18(20)21)4-2-5-12(10)17-23-16(19)14-6-3-9-24-14/h3,6-9H,2,4-5H2,1H3. The van der Waals surface area contributed by atoms with E-state index in [4.69, 9.17) is 9.57 Å². The Bertz CT molecular complexity index is 814. The monoisotopic (exact) mass is 346 g/mol. The highest BCUT2D eigenvalue weighted by atomic mass is 32.1. The van der Waals surface area contributed by atoms with Gasteiger partial charge in [0.05, 0.1) is 17.7 Å². The predicted octanol–water partition coefficient (Wildman–Crippen LogP) is 3.56. The molecular weight excluding hydrogens is 332 g/mol. The summed E-state index contributed by atoms with van der Waals surface area (Å²) in [6.07, 6.45) is 1.84. The van der Waals surface area contributed by atoms with Crippen molar-refractivity contribution in [2.45, 2.75) is 19.3 Å². The molecule has 1 aliphatic rings. The zero-order valence-corrected chi connectivity index (χ0v) is 13.7. The van der Waals surface area contributed by atoms with E-state index in [9.17, 15) is 14.9 Å². The van der Waals surface area contributed by atoms with Gasteiger partial charge in [0.25, 0.3) is 0 Å². The molecule has 124 valence electrons. The fourth-order valence-corrected chi connectivity index (χ4v) is 3.30. The summed E-state index contributed by atoms with van der Waals surface area (Å²) in [6, 6.07) is 6.66. The molecule has 0 saturated carbocycles. The zero-order valence-electron chi connectivity index (χ0n) is 12.9. The van der Waals surface area contributed by atoms with Gasteiger partial charge in [0.1, 0.15) is 4.88 Å². The van der Waals surface area contributed by atoms with Crippen molar-refractivity contribution in [2.75, 3.05) is 7.11 Å². The van der Waals surface area contributed by atoms with Gasteiger partial charge in [-0.3, -0.25) is 10.1 Å². The Kier molecular flexibility index (Phi) is 4.57. The van der Waals surface area contributed by atoms with E-state index in [1.807, 2.05) is 0 Å². The Labute approximate surface area is 141 Å². The number of hydrogen-bond acceptors (Lipinski definition) is 7. The summed E-state index contributed by atoms with van der Waals surface area (Å²) in [6.45, 7) is 0. The van der Waals surface area contributed by atoms with Crippen LogP contribution in [-0.2, 0) is 11.3 Å². The van der Waals surface area contributed by atoms with E-state index in [2.05, 4.69) is 5.16 Å². The van der Waals surface area contributed by atoms with Gasteiger partial charge in [-0.15, -0.1) is 11.3 Å². The largest absolute Gasteiger partial charge is 0.490 e. The maximum atomic E-state index is 11.9. The van der Waals surface area contributed by atoms with Crippen molar-refractivity contribution in [3.63, 3.8) is 0 Å². The fourth-order valence-electron chi connectivity index (χ4n) is 2.70. The molecular formula is C16H14N2O5S. The van der Waals surface area contributed by atoms with Crippen LogP contribution in [0.15, 0.2) is 34.8 Å². The summed E-state index contributed by atoms with van der Waals surface area (Å²) in [5.41, 5.74) is 1.68. The molecule has 2 aromatic rings. The number of rotatable bonds is 4. The number of ether oxygens (including phenoxy) is 1. The number of thiophene rings is 1. The van der Waals surface area contributed by atoms with Crippen molar-refractivity contribution in [3.8, 4) is 5.75 Å². The first-order valence-corrected chi connectivity index (χ1v) is 8.16. The minimum Gasteiger partial charge on any atom is -0.490 e. The van der Waals surface area contributed by atoms with Crippen molar-refractivity contribution < 1.29 is 19.3 Å². The Morgan fingerprint density at radius 3 is 2.83 bits per heavy atom. The summed E-state index contributed by atoms with van der Waals surface area (Å²) in [7, 11) is 1.40. The number of carbonyl (C=O) groups excluding carboxylic acids is 1. The number of carbonyl (C=O) groups is 1. The van der Waals surface area contributed by atoms with Crippen LogP contribution in [0.3, 0.4) is 0 Å². The van der Waals surface area contributed by atoms with Crippen molar-refractivity contribution in [1.29, 1.82) is 0 Å². The van der Waals surface area contributed by atoms with E-state index in [1.54, 1.807) is 29.6 Å². The topological polar surface area (TPSA) is 91.0 Å². The van der Waals surface area contributed by atoms with Crippen LogP contribution in [-0.4, -0.2) is 23.7 Å². The summed E-state index contributed by atoms with van der Waals surface area (Å²) in [5, 5.41) is 17.1. The molecule has 1 aromatic carbocycles. The fraction of sp³-hybridized carbons (Fsp3) is 0.250. The van der Waals surface area contributed by atoms with Crippen molar-refractivity contribution >= 4 is 28.7 Å². The highest BCUT2D eigenvalue weighted by Gasteiger charge is 2.28. The Morgan fingerprint density at radius 1 is 1.33 bits per heavy atom. The maximum absolute atomic E-state index is 11.9. The van der Waals surface area contributed by atoms with Gasteiger partial charge in [0.15, 0.2) is 5.75 Å². The first kappa shape index (κ1) is 16.1. The molecule has 0 fully saturated rings. The lowest BCUT2D eigenvalue weighted by molar-refractivity contribution is -0.386. The van der Waals surface area contributed by atoms with Crippen LogP contribution in [0.25, 0.3) is 0 Å². The minimum absolute atomic E-state index is 0.0491. The van der Waals surface area contributed by atoms with E-state index >= 15 is 0 Å². The van der Waals surface area contributed by atoms with Gasteiger partial charge >= 0.3 is 11.7 Å². The van der Waals surface area contributed by atoms with Gasteiger partial charge in [-0.25, -0.2) is 4.79 Å². The SMILES string of the molecule is COc1ccc2c(c1[N+](=O)[O-])CCCC2=NOC(=O)c1cccs1. The third kappa shape index (κ3) is 3.00. The molecule has 24 heavy (non-hydrogen) atoms. The van der Waals surface area contributed by atoms with Crippen LogP contribution in [0.5, 0.6) is 5.75 Å². The molecule has 0 unspecified atom stereocenters. The molecule has 0 spiro atoms. The lowest BCUT2D eigenvalue weighted by atomic mass is 9.88. The molecule has 3 rings (SSSR count). The van der Waals surface area contributed by atoms with Gasteiger partial charge in [-0.1, -0.05) is 11.2 Å². The van der Waals surface area contributed by atoms with Crippen molar-refractivity contribution in [3.05, 3.63) is 55.8 Å². The first-order valence-electron chi connectivity index (χ1n) is 7.28. The second kappa shape index (κ2) is 6.79. The third-order valence-corrected chi connectivity index (χ3v) is 4.61. The Balaban J connectivity index is 1.94. The minimum atomic E-state index is -0.535. The molecule has 0 N–H and O–H groups in total. The average Bonchev–Trinajstić information content (AvgIpc) is 3.12. The van der Waals surface area contributed by atoms with Crippen LogP contribution in [0.2, 0.25) is 0 Å². The highest BCUT2D eigenvalue weighted by molar-refractivity contribution is 7.11. The molecule has 1 aliphatic carbocycles. The molecule has 0 radical (unpaired) electrons. The molecule has 1 aromatic heterocycles. The second-order valence-corrected chi connectivity index (χ2v) is 6.09. The van der Waals surface area contributed by atoms with Gasteiger partial charge in [-0.2, -0.15) is 0 Å². The third-order valence-electron chi connectivity index (χ3n) is 3.76. The predicted molar refractivity (Wildman–Crippen MR) is 88.9 cm³/mol. The van der Waals surface area contributed by atoms with E-state index < -0.39 is 10.9 Å². The number of fused-ring (bicyclic) bond motifs is 1. The summed E-state index contributed by atoms with van der Waals surface area (Å²) in [5.74, 6) is -0.316. The molecule has 0 bridgehead atoms. The van der Waals surface area contributed by atoms with Crippen LogP contribution >= 0.6 is 11.3 Å². The second-order valence-electron chi connectivity index (χ2n) is 5.15. The summed E-state index contributed by atoms with van der Waals surface area (Å²) >= 11 is 1.26. The van der Waals surface area contributed by atoms with Crippen LogP contribution in [0, 0.1) is 10.1 Å². The number of nitro benzene ring substituents is 1. The number of hydrogen-bond donors (Lipinski definition) is 0. The molecule has 7 nitrogen and oxygen atoms in total. The normalized spacial score (nSPS) is 15.0. The average molecular weight is 346 g/mol. The van der Waals surface area contributed by atoms with Crippen molar-refractivity contribution in [1.82, 2.24) is 0 Å². The van der Waals surface area contributed by atoms with E-state index in [0.29, 0.717) is 41.0 Å². The number of nitrogens with zero attached hydrogens (tertiary/aromatic N) is 2. The first-order chi connectivity index (χ1) is 11.6. The smallest absolute Gasteiger partial charge is 0.375 e. The number of methoxy groups -OCH3 is 1. The van der Waals surface area contributed by atoms with Gasteiger partial charge in [-0.05, 0) is 42.8 Å². The lowest BCUT2D eigenvalue weighted by Crippen LogP contribution is -2.15. The van der Waals surface area contributed by atoms with E-state index in [-0.39, 0.29) is 11.4 Å². The Morgan fingerprint density at radius 2 is 2.17 bits per heavy atom. The van der Waals surface area contributed by atoms with E-state index in [0.717, 1.165) is 0 Å². The highest BCUT2D eigenvalue weighted by Crippen LogP contribution is 2.37. The number of nitro groups is 1. The Hall–Kier alpha value is -2.74.